The lowest BCUT2D eigenvalue weighted by atomic mass is 10.6. The van der Waals surface area contributed by atoms with E-state index >= 15 is 0 Å². The minimum atomic E-state index is -4.13. The Morgan fingerprint density at radius 1 is 1.54 bits per heavy atom. The Morgan fingerprint density at radius 3 is 2.62 bits per heavy atom. The molecular formula is C5H10N4O3P+. The van der Waals surface area contributed by atoms with E-state index in [-0.39, 0.29) is 11.8 Å². The number of hydrogen-bond donors (Lipinski definition) is 4. The molecule has 6 N–H and O–H groups in total. The van der Waals surface area contributed by atoms with Crippen LogP contribution in [0, 0.1) is 0 Å². The monoisotopic (exact) mass is 205 g/mol. The van der Waals surface area contributed by atoms with Gasteiger partial charge in [0.25, 0.3) is 0 Å². The quantitative estimate of drug-likeness (QED) is 0.350. The van der Waals surface area contributed by atoms with Crippen molar-refractivity contribution in [2.24, 2.45) is 0 Å². The highest BCUT2D eigenvalue weighted by Gasteiger charge is 2.19. The van der Waals surface area contributed by atoms with Gasteiger partial charge in [0.1, 0.15) is 0 Å². The first-order chi connectivity index (χ1) is 5.88. The summed E-state index contributed by atoms with van der Waals surface area (Å²) in [5.74, 6) is 0.183. The maximum Gasteiger partial charge on any atom is 0.391 e. The molecular weight excluding hydrogens is 195 g/mol. The summed E-state index contributed by atoms with van der Waals surface area (Å²) in [6.07, 6.45) is 0.878. The van der Waals surface area contributed by atoms with Crippen molar-refractivity contribution >= 4 is 19.4 Å². The van der Waals surface area contributed by atoms with Gasteiger partial charge in [-0.25, -0.2) is 4.57 Å². The molecule has 1 aromatic heterocycles. The van der Waals surface area contributed by atoms with Crippen LogP contribution in [0.3, 0.4) is 0 Å². The van der Waals surface area contributed by atoms with Crippen LogP contribution in [0.2, 0.25) is 0 Å². The number of nitrogens with two attached hydrogens (primary N) is 2. The van der Waals surface area contributed by atoms with E-state index in [1.165, 1.54) is 12.3 Å². The van der Waals surface area contributed by atoms with E-state index in [9.17, 15) is 4.57 Å². The molecule has 0 saturated heterocycles. The Labute approximate surface area is 74.2 Å². The molecule has 0 aromatic carbocycles. The first kappa shape index (κ1) is 9.91. The minimum Gasteiger partial charge on any atom is -0.370 e. The smallest absolute Gasteiger partial charge is 0.370 e. The van der Waals surface area contributed by atoms with Gasteiger partial charge in [-0.2, -0.15) is 0 Å². The molecule has 1 aromatic rings. The van der Waals surface area contributed by atoms with Crippen molar-refractivity contribution in [3.05, 3.63) is 12.3 Å². The first-order valence-corrected chi connectivity index (χ1v) is 5.14. The SMILES string of the molecule is Nc1cc[n+](CP(=O)(O)O)c(N)n1. The summed E-state index contributed by atoms with van der Waals surface area (Å²) in [5.41, 5.74) is 10.6. The maximum atomic E-state index is 10.6. The molecule has 0 aliphatic carbocycles. The van der Waals surface area contributed by atoms with Crippen molar-refractivity contribution in [1.82, 2.24) is 4.98 Å². The van der Waals surface area contributed by atoms with Crippen molar-refractivity contribution in [3.8, 4) is 0 Å². The predicted octanol–water partition coefficient (Wildman–Crippen LogP) is -1.33. The van der Waals surface area contributed by atoms with Crippen molar-refractivity contribution in [1.29, 1.82) is 0 Å². The third-order valence-corrected chi connectivity index (χ3v) is 1.97. The highest BCUT2D eigenvalue weighted by atomic mass is 31.2. The van der Waals surface area contributed by atoms with Gasteiger partial charge < -0.3 is 15.5 Å². The largest absolute Gasteiger partial charge is 0.391 e. The van der Waals surface area contributed by atoms with Crippen LogP contribution < -0.4 is 16.0 Å². The lowest BCUT2D eigenvalue weighted by Gasteiger charge is -2.03. The Bertz CT molecular complexity index is 363. The normalized spacial score (nSPS) is 11.5. The number of rotatable bonds is 2. The van der Waals surface area contributed by atoms with Gasteiger partial charge in [0, 0.05) is 6.07 Å². The Hall–Kier alpha value is -1.17. The minimum absolute atomic E-state index is 0.0247. The lowest BCUT2D eigenvalue weighted by Crippen LogP contribution is -2.37. The molecule has 0 fully saturated rings. The van der Waals surface area contributed by atoms with Gasteiger partial charge >= 0.3 is 13.5 Å². The van der Waals surface area contributed by atoms with Gasteiger partial charge in [-0.1, -0.05) is 4.98 Å². The van der Waals surface area contributed by atoms with Crippen LogP contribution in [0.5, 0.6) is 0 Å². The molecule has 13 heavy (non-hydrogen) atoms. The number of hydrogen-bond acceptors (Lipinski definition) is 4. The number of anilines is 2. The van der Waals surface area contributed by atoms with Gasteiger partial charge in [0.15, 0.2) is 6.29 Å². The molecule has 0 radical (unpaired) electrons. The van der Waals surface area contributed by atoms with Gasteiger partial charge in [-0.05, 0) is 0 Å². The van der Waals surface area contributed by atoms with Crippen LogP contribution in [0.25, 0.3) is 0 Å². The van der Waals surface area contributed by atoms with Crippen molar-refractivity contribution in [2.75, 3.05) is 11.5 Å². The van der Waals surface area contributed by atoms with Gasteiger partial charge in [0.2, 0.25) is 5.82 Å². The van der Waals surface area contributed by atoms with Gasteiger partial charge in [-0.15, -0.1) is 0 Å². The molecule has 1 heterocycles. The van der Waals surface area contributed by atoms with Gasteiger partial charge in [0.05, 0.1) is 6.20 Å². The van der Waals surface area contributed by atoms with Crippen molar-refractivity contribution in [3.63, 3.8) is 0 Å². The molecule has 0 aliphatic heterocycles. The van der Waals surface area contributed by atoms with E-state index in [1.807, 2.05) is 0 Å². The van der Waals surface area contributed by atoms with E-state index in [4.69, 9.17) is 21.3 Å². The van der Waals surface area contributed by atoms with Crippen LogP contribution in [-0.4, -0.2) is 14.8 Å². The zero-order chi connectivity index (χ0) is 10.1. The fraction of sp³-hybridized carbons (Fsp3) is 0.200. The fourth-order valence-electron chi connectivity index (χ4n) is 0.795. The Morgan fingerprint density at radius 2 is 2.15 bits per heavy atom. The van der Waals surface area contributed by atoms with Gasteiger partial charge in [-0.3, -0.25) is 10.3 Å². The summed E-state index contributed by atoms with van der Waals surface area (Å²) in [5, 5.41) is 0. The zero-order valence-corrected chi connectivity index (χ0v) is 7.56. The van der Waals surface area contributed by atoms with E-state index in [2.05, 4.69) is 4.98 Å². The zero-order valence-electron chi connectivity index (χ0n) is 6.66. The first-order valence-electron chi connectivity index (χ1n) is 3.34. The molecule has 8 heteroatoms. The summed E-state index contributed by atoms with van der Waals surface area (Å²) < 4.78 is 11.7. The summed E-state index contributed by atoms with van der Waals surface area (Å²) in [7, 11) is -4.13. The topological polar surface area (TPSA) is 126 Å². The second-order valence-electron chi connectivity index (χ2n) is 2.49. The summed E-state index contributed by atoms with van der Waals surface area (Å²) >= 11 is 0. The molecule has 0 unspecified atom stereocenters. The maximum absolute atomic E-state index is 10.6. The highest BCUT2D eigenvalue weighted by Crippen LogP contribution is 2.34. The summed E-state index contributed by atoms with van der Waals surface area (Å²) in [6.45, 7) is 0. The third kappa shape index (κ3) is 2.98. The molecule has 0 atom stereocenters. The molecule has 7 nitrogen and oxygen atoms in total. The van der Waals surface area contributed by atoms with E-state index in [0.29, 0.717) is 0 Å². The van der Waals surface area contributed by atoms with Crippen molar-refractivity contribution in [2.45, 2.75) is 6.29 Å². The highest BCUT2D eigenvalue weighted by molar-refractivity contribution is 7.50. The lowest BCUT2D eigenvalue weighted by molar-refractivity contribution is -0.667. The average molecular weight is 205 g/mol. The standard InChI is InChI=1S/C5H9N4O3P/c6-4-1-2-9(5(7)8-4)3-13(10,11)12/h1-2H,3H2,(H5,6,7,8,10,11,12)/p+1. The van der Waals surface area contributed by atoms with E-state index < -0.39 is 13.9 Å². The fourth-order valence-corrected chi connectivity index (χ4v) is 1.43. The number of nitrogens with zero attached hydrogens (tertiary/aromatic N) is 2. The molecule has 1 rings (SSSR count). The second kappa shape index (κ2) is 3.29. The molecule has 0 bridgehead atoms. The van der Waals surface area contributed by atoms with Crippen LogP contribution >= 0.6 is 7.60 Å². The van der Waals surface area contributed by atoms with Crippen LogP contribution in [0.4, 0.5) is 11.8 Å². The van der Waals surface area contributed by atoms with E-state index in [0.717, 1.165) is 4.57 Å². The molecule has 0 aliphatic rings. The van der Waals surface area contributed by atoms with Crippen molar-refractivity contribution < 1.29 is 18.9 Å². The Balaban J connectivity index is 2.97. The molecule has 0 saturated carbocycles. The Kier molecular flexibility index (Phi) is 2.51. The van der Waals surface area contributed by atoms with Crippen LogP contribution in [0.1, 0.15) is 0 Å². The van der Waals surface area contributed by atoms with E-state index in [1.54, 1.807) is 0 Å². The second-order valence-corrected chi connectivity index (χ2v) is 4.10. The summed E-state index contributed by atoms with van der Waals surface area (Å²) in [6, 6.07) is 1.41. The average Bonchev–Trinajstić information content (AvgIpc) is 1.93. The number of nitrogen functional groups attached to an aromatic ring is 2. The predicted molar refractivity (Wildman–Crippen MR) is 45.3 cm³/mol. The molecule has 72 valence electrons. The summed E-state index contributed by atoms with van der Waals surface area (Å²) in [4.78, 5) is 20.9. The molecule has 0 amide bonds. The molecule has 0 spiro atoms. The third-order valence-electron chi connectivity index (χ3n) is 1.30. The van der Waals surface area contributed by atoms with Crippen LogP contribution in [0.15, 0.2) is 12.3 Å². The van der Waals surface area contributed by atoms with Crippen LogP contribution in [-0.2, 0) is 10.9 Å². The number of aromatic nitrogens is 2.